The lowest BCUT2D eigenvalue weighted by Gasteiger charge is -2.19. The van der Waals surface area contributed by atoms with Crippen LogP contribution in [0.4, 0.5) is 18.0 Å². The first-order chi connectivity index (χ1) is 18.2. The molecular weight excluding hydrogens is 517 g/mol. The van der Waals surface area contributed by atoms with Crippen LogP contribution in [0.2, 0.25) is 0 Å². The normalized spacial score (nSPS) is 12.4. The molecule has 11 heteroatoms. The Labute approximate surface area is 223 Å². The standard InChI is InChI=1S/C28H29F3N2O6/c1-17(16-37-24(34)15-32-26(36)39-27(2,3)4)33-25(35)19-8-13-22-18(14-19)6-5-7-23(22)38-21-11-9-20(10-12-21)28(29,30)31/h5-14,17H,15-16H2,1-4H3,(H,32,36)(H,33,35)/t17-/m1/s1. The second-order valence-corrected chi connectivity index (χ2v) is 9.73. The number of hydrogen-bond donors (Lipinski definition) is 2. The van der Waals surface area contributed by atoms with Crippen LogP contribution in [0.5, 0.6) is 11.5 Å². The highest BCUT2D eigenvalue weighted by Gasteiger charge is 2.30. The van der Waals surface area contributed by atoms with E-state index in [0.29, 0.717) is 22.1 Å². The molecule has 0 heterocycles. The van der Waals surface area contributed by atoms with Crippen LogP contribution in [0.1, 0.15) is 43.6 Å². The fourth-order valence-corrected chi connectivity index (χ4v) is 3.40. The molecular formula is C28H29F3N2O6. The molecule has 0 fully saturated rings. The lowest BCUT2D eigenvalue weighted by molar-refractivity contribution is -0.143. The Morgan fingerprint density at radius 1 is 0.949 bits per heavy atom. The first-order valence-electron chi connectivity index (χ1n) is 12.0. The minimum atomic E-state index is -4.44. The van der Waals surface area contributed by atoms with Crippen molar-refractivity contribution in [2.75, 3.05) is 13.2 Å². The Hall–Kier alpha value is -4.28. The second-order valence-electron chi connectivity index (χ2n) is 9.73. The molecule has 0 aliphatic heterocycles. The zero-order valence-electron chi connectivity index (χ0n) is 21.8. The summed E-state index contributed by atoms with van der Waals surface area (Å²) in [5.41, 5.74) is -1.13. The van der Waals surface area contributed by atoms with Crippen LogP contribution in [0.15, 0.2) is 60.7 Å². The third-order valence-electron chi connectivity index (χ3n) is 5.16. The number of alkyl carbamates (subject to hydrolysis) is 1. The Morgan fingerprint density at radius 2 is 1.64 bits per heavy atom. The molecule has 0 spiro atoms. The number of halogens is 3. The molecule has 0 saturated carbocycles. The van der Waals surface area contributed by atoms with Gasteiger partial charge in [0.1, 0.15) is 30.3 Å². The number of amides is 2. The van der Waals surface area contributed by atoms with Crippen molar-refractivity contribution in [2.45, 2.75) is 45.5 Å². The SMILES string of the molecule is C[C@H](COC(=O)CNC(=O)OC(C)(C)C)NC(=O)c1ccc2c(Oc3ccc(C(F)(F)F)cc3)cccc2c1. The number of nitrogens with one attached hydrogen (secondary N) is 2. The van der Waals surface area contributed by atoms with Gasteiger partial charge in [-0.15, -0.1) is 0 Å². The third kappa shape index (κ3) is 8.91. The Balaban J connectivity index is 1.56. The minimum absolute atomic E-state index is 0.112. The molecule has 2 N–H and O–H groups in total. The van der Waals surface area contributed by atoms with Crippen LogP contribution in [0, 0.1) is 0 Å². The fraction of sp³-hybridized carbons (Fsp3) is 0.321. The summed E-state index contributed by atoms with van der Waals surface area (Å²) >= 11 is 0. The van der Waals surface area contributed by atoms with Gasteiger partial charge in [-0.2, -0.15) is 13.2 Å². The van der Waals surface area contributed by atoms with Crippen LogP contribution in [0.3, 0.4) is 0 Å². The summed E-state index contributed by atoms with van der Waals surface area (Å²) in [6, 6.07) is 13.9. The van der Waals surface area contributed by atoms with Gasteiger partial charge in [-0.25, -0.2) is 4.79 Å². The molecule has 8 nitrogen and oxygen atoms in total. The van der Waals surface area contributed by atoms with Crippen molar-refractivity contribution in [1.29, 1.82) is 0 Å². The molecule has 1 atom stereocenters. The summed E-state index contributed by atoms with van der Waals surface area (Å²) in [4.78, 5) is 36.2. The van der Waals surface area contributed by atoms with E-state index >= 15 is 0 Å². The highest BCUT2D eigenvalue weighted by atomic mass is 19.4. The molecule has 0 radical (unpaired) electrons. The van der Waals surface area contributed by atoms with E-state index in [2.05, 4.69) is 10.6 Å². The molecule has 0 bridgehead atoms. The number of fused-ring (bicyclic) bond motifs is 1. The van der Waals surface area contributed by atoms with Gasteiger partial charge in [-0.05, 0) is 81.6 Å². The van der Waals surface area contributed by atoms with Gasteiger partial charge in [0.2, 0.25) is 0 Å². The predicted octanol–water partition coefficient (Wildman–Crippen LogP) is 5.84. The third-order valence-corrected chi connectivity index (χ3v) is 5.16. The van der Waals surface area contributed by atoms with E-state index in [1.54, 1.807) is 64.1 Å². The number of alkyl halides is 3. The molecule has 0 saturated heterocycles. The first kappa shape index (κ1) is 29.3. The van der Waals surface area contributed by atoms with E-state index < -0.39 is 41.4 Å². The Kier molecular flexibility index (Phi) is 9.05. The molecule has 3 aromatic rings. The van der Waals surface area contributed by atoms with E-state index in [-0.39, 0.29) is 18.9 Å². The van der Waals surface area contributed by atoms with Crippen molar-refractivity contribution in [3.63, 3.8) is 0 Å². The molecule has 2 amide bonds. The van der Waals surface area contributed by atoms with Gasteiger partial charge in [0.15, 0.2) is 0 Å². The van der Waals surface area contributed by atoms with Crippen molar-refractivity contribution in [3.05, 3.63) is 71.8 Å². The highest BCUT2D eigenvalue weighted by molar-refractivity contribution is 6.00. The summed E-state index contributed by atoms with van der Waals surface area (Å²) in [5, 5.41) is 6.37. The van der Waals surface area contributed by atoms with Gasteiger partial charge in [0.05, 0.1) is 11.6 Å². The van der Waals surface area contributed by atoms with E-state index in [9.17, 15) is 27.6 Å². The van der Waals surface area contributed by atoms with Crippen LogP contribution in [0.25, 0.3) is 10.8 Å². The number of carbonyl (C=O) groups excluding carboxylic acids is 3. The van der Waals surface area contributed by atoms with Crippen molar-refractivity contribution < 1.29 is 41.8 Å². The number of carbonyl (C=O) groups is 3. The van der Waals surface area contributed by atoms with E-state index in [1.165, 1.54) is 12.1 Å². The number of esters is 1. The molecule has 3 aromatic carbocycles. The van der Waals surface area contributed by atoms with Crippen LogP contribution in [-0.2, 0) is 20.4 Å². The van der Waals surface area contributed by atoms with Gasteiger partial charge < -0.3 is 24.8 Å². The second kappa shape index (κ2) is 12.1. The quantitative estimate of drug-likeness (QED) is 0.344. The van der Waals surface area contributed by atoms with Crippen molar-refractivity contribution in [1.82, 2.24) is 10.6 Å². The largest absolute Gasteiger partial charge is 0.462 e. The van der Waals surface area contributed by atoms with E-state index in [0.717, 1.165) is 12.1 Å². The minimum Gasteiger partial charge on any atom is -0.462 e. The number of ether oxygens (including phenoxy) is 3. The summed E-state index contributed by atoms with van der Waals surface area (Å²) < 4.78 is 54.3. The van der Waals surface area contributed by atoms with Gasteiger partial charge >= 0.3 is 18.2 Å². The van der Waals surface area contributed by atoms with Gasteiger partial charge in [-0.3, -0.25) is 9.59 Å². The van der Waals surface area contributed by atoms with E-state index in [1.807, 2.05) is 0 Å². The highest BCUT2D eigenvalue weighted by Crippen LogP contribution is 2.33. The zero-order chi connectivity index (χ0) is 28.8. The van der Waals surface area contributed by atoms with Gasteiger partial charge in [0, 0.05) is 10.9 Å². The number of hydrogen-bond acceptors (Lipinski definition) is 6. The molecule has 0 aromatic heterocycles. The maximum atomic E-state index is 12.8. The maximum Gasteiger partial charge on any atom is 0.416 e. The van der Waals surface area contributed by atoms with Crippen LogP contribution < -0.4 is 15.4 Å². The van der Waals surface area contributed by atoms with Crippen molar-refractivity contribution in [2.24, 2.45) is 0 Å². The maximum absolute atomic E-state index is 12.8. The summed E-state index contributed by atoms with van der Waals surface area (Å²) in [6.07, 6.45) is -5.18. The molecule has 0 unspecified atom stereocenters. The molecule has 0 aliphatic carbocycles. The zero-order valence-corrected chi connectivity index (χ0v) is 21.8. The number of benzene rings is 3. The monoisotopic (exact) mass is 546 g/mol. The molecule has 0 aliphatic rings. The molecule has 208 valence electrons. The summed E-state index contributed by atoms with van der Waals surface area (Å²) in [5.74, 6) is -0.434. The Morgan fingerprint density at radius 3 is 2.28 bits per heavy atom. The lowest BCUT2D eigenvalue weighted by Crippen LogP contribution is -2.39. The smallest absolute Gasteiger partial charge is 0.416 e. The van der Waals surface area contributed by atoms with E-state index in [4.69, 9.17) is 14.2 Å². The number of rotatable bonds is 8. The summed E-state index contributed by atoms with van der Waals surface area (Å²) in [7, 11) is 0. The van der Waals surface area contributed by atoms with Gasteiger partial charge in [-0.1, -0.05) is 12.1 Å². The van der Waals surface area contributed by atoms with Crippen LogP contribution >= 0.6 is 0 Å². The molecule has 39 heavy (non-hydrogen) atoms. The van der Waals surface area contributed by atoms with Crippen molar-refractivity contribution >= 4 is 28.7 Å². The van der Waals surface area contributed by atoms with Crippen LogP contribution in [-0.4, -0.2) is 42.8 Å². The van der Waals surface area contributed by atoms with Crippen molar-refractivity contribution in [3.8, 4) is 11.5 Å². The first-order valence-corrected chi connectivity index (χ1v) is 12.0. The topological polar surface area (TPSA) is 103 Å². The predicted molar refractivity (Wildman–Crippen MR) is 138 cm³/mol. The lowest BCUT2D eigenvalue weighted by atomic mass is 10.1. The summed E-state index contributed by atoms with van der Waals surface area (Å²) in [6.45, 7) is 6.25. The average molecular weight is 547 g/mol. The fourth-order valence-electron chi connectivity index (χ4n) is 3.40. The Bertz CT molecular complexity index is 1330. The average Bonchev–Trinajstić information content (AvgIpc) is 2.85. The molecule has 3 rings (SSSR count). The van der Waals surface area contributed by atoms with Gasteiger partial charge in [0.25, 0.3) is 5.91 Å².